The van der Waals surface area contributed by atoms with E-state index < -0.39 is 16.9 Å². The Hall–Kier alpha value is -4.23. The molecule has 208 valence electrons. The van der Waals surface area contributed by atoms with Gasteiger partial charge in [-0.15, -0.1) is 0 Å². The van der Waals surface area contributed by atoms with Gasteiger partial charge < -0.3 is 19.6 Å². The van der Waals surface area contributed by atoms with Crippen molar-refractivity contribution in [3.8, 4) is 11.3 Å². The number of anilines is 1. The van der Waals surface area contributed by atoms with Crippen LogP contribution in [0.1, 0.15) is 32.7 Å². The maximum atomic E-state index is 13.2. The standard InChI is InChI=1S/C27H30N8O5/c1-27(2,39)24(37)33-7-5-17(6-8-33)35-22-18(23(36)32-26(35)38)15-28-20-4-3-19(31-21(20)22)16-13-29-25(30-14-16)34-9-11-40-12-10-34/h3-4,13-15,17,39H,5-12H2,1-2H3,(H,32,36,38). The summed E-state index contributed by atoms with van der Waals surface area (Å²) in [6, 6.07) is 3.32. The number of pyridine rings is 2. The van der Waals surface area contributed by atoms with Crippen molar-refractivity contribution in [1.29, 1.82) is 0 Å². The number of likely N-dealkylation sites (tertiary alicyclic amines) is 1. The van der Waals surface area contributed by atoms with E-state index in [9.17, 15) is 19.5 Å². The fourth-order valence-corrected chi connectivity index (χ4v) is 5.39. The number of carbonyl (C=O) groups is 1. The van der Waals surface area contributed by atoms with E-state index in [4.69, 9.17) is 9.72 Å². The molecule has 2 aliphatic rings. The molecular weight excluding hydrogens is 516 g/mol. The average Bonchev–Trinajstić information content (AvgIpc) is 2.97. The molecular formula is C27H30N8O5. The number of nitrogens with zero attached hydrogens (tertiary/aromatic N) is 7. The number of piperidine rings is 1. The van der Waals surface area contributed by atoms with E-state index in [0.717, 1.165) is 13.1 Å². The fourth-order valence-electron chi connectivity index (χ4n) is 5.39. The van der Waals surface area contributed by atoms with E-state index in [-0.39, 0.29) is 17.3 Å². The normalized spacial score (nSPS) is 17.1. The maximum absolute atomic E-state index is 13.2. The highest BCUT2D eigenvalue weighted by atomic mass is 16.5. The molecule has 6 rings (SSSR count). The molecule has 0 saturated carbocycles. The first-order valence-electron chi connectivity index (χ1n) is 13.3. The van der Waals surface area contributed by atoms with Crippen molar-refractivity contribution >= 4 is 33.8 Å². The average molecular weight is 547 g/mol. The van der Waals surface area contributed by atoms with Crippen LogP contribution < -0.4 is 16.1 Å². The summed E-state index contributed by atoms with van der Waals surface area (Å²) < 4.78 is 6.97. The number of carbonyl (C=O) groups excluding carboxylic acids is 1. The van der Waals surface area contributed by atoms with Crippen LogP contribution in [0.25, 0.3) is 33.2 Å². The summed E-state index contributed by atoms with van der Waals surface area (Å²) in [5.74, 6) is 0.266. The van der Waals surface area contributed by atoms with E-state index in [2.05, 4.69) is 24.8 Å². The molecule has 0 spiro atoms. The Balaban J connectivity index is 1.40. The molecule has 0 atom stereocenters. The molecule has 2 aliphatic heterocycles. The van der Waals surface area contributed by atoms with E-state index in [0.29, 0.717) is 72.9 Å². The van der Waals surface area contributed by atoms with Crippen molar-refractivity contribution in [2.24, 2.45) is 0 Å². The summed E-state index contributed by atoms with van der Waals surface area (Å²) in [7, 11) is 0. The number of H-pyrrole nitrogens is 1. The van der Waals surface area contributed by atoms with E-state index in [1.807, 2.05) is 6.07 Å². The van der Waals surface area contributed by atoms with Crippen molar-refractivity contribution in [1.82, 2.24) is 34.4 Å². The van der Waals surface area contributed by atoms with E-state index >= 15 is 0 Å². The lowest BCUT2D eigenvalue weighted by molar-refractivity contribution is -0.149. The molecule has 2 saturated heterocycles. The highest BCUT2D eigenvalue weighted by Crippen LogP contribution is 2.29. The lowest BCUT2D eigenvalue weighted by Gasteiger charge is -2.36. The predicted octanol–water partition coefficient (Wildman–Crippen LogP) is 0.861. The highest BCUT2D eigenvalue weighted by molar-refractivity contribution is 6.01. The predicted molar refractivity (Wildman–Crippen MR) is 147 cm³/mol. The van der Waals surface area contributed by atoms with Crippen LogP contribution in [0.3, 0.4) is 0 Å². The van der Waals surface area contributed by atoms with Crippen molar-refractivity contribution in [2.45, 2.75) is 38.3 Å². The molecule has 6 heterocycles. The van der Waals surface area contributed by atoms with Crippen LogP contribution in [-0.2, 0) is 9.53 Å². The lowest BCUT2D eigenvalue weighted by Crippen LogP contribution is -2.49. The summed E-state index contributed by atoms with van der Waals surface area (Å²) in [5, 5.41) is 10.4. The lowest BCUT2D eigenvalue weighted by atomic mass is 10.0. The highest BCUT2D eigenvalue weighted by Gasteiger charge is 2.33. The Labute approximate surface area is 228 Å². The number of nitrogens with one attached hydrogen (secondary N) is 1. The second kappa shape index (κ2) is 10.1. The number of ether oxygens (including phenoxy) is 1. The largest absolute Gasteiger partial charge is 0.381 e. The quantitative estimate of drug-likeness (QED) is 0.352. The second-order valence-electron chi connectivity index (χ2n) is 10.7. The number of fused-ring (bicyclic) bond motifs is 3. The van der Waals surface area contributed by atoms with Crippen molar-refractivity contribution in [3.05, 3.63) is 51.6 Å². The van der Waals surface area contributed by atoms with Gasteiger partial charge in [-0.2, -0.15) is 0 Å². The Bertz CT molecular complexity index is 1700. The van der Waals surface area contributed by atoms with E-state index in [1.54, 1.807) is 27.9 Å². The SMILES string of the molecule is CC(C)(O)C(=O)N1CCC(n2c(=O)[nH]c(=O)c3cnc4ccc(-c5cnc(N6CCOCC6)nc5)nc4c32)CC1. The molecule has 0 unspecified atom stereocenters. The molecule has 2 fully saturated rings. The number of rotatable bonds is 4. The van der Waals surface area contributed by atoms with Gasteiger partial charge >= 0.3 is 5.69 Å². The van der Waals surface area contributed by atoms with Gasteiger partial charge in [-0.1, -0.05) is 0 Å². The van der Waals surface area contributed by atoms with Crippen molar-refractivity contribution < 1.29 is 14.6 Å². The van der Waals surface area contributed by atoms with Crippen LogP contribution >= 0.6 is 0 Å². The molecule has 1 amide bonds. The summed E-state index contributed by atoms with van der Waals surface area (Å²) in [4.78, 5) is 63.0. The minimum atomic E-state index is -1.47. The number of aromatic amines is 1. The third-order valence-corrected chi connectivity index (χ3v) is 7.48. The van der Waals surface area contributed by atoms with Crippen LogP contribution in [0.15, 0.2) is 40.3 Å². The molecule has 13 heteroatoms. The van der Waals surface area contributed by atoms with Crippen LogP contribution in [0.5, 0.6) is 0 Å². The zero-order chi connectivity index (χ0) is 28.0. The fraction of sp³-hybridized carbons (Fsp3) is 0.444. The Morgan fingerprint density at radius 1 is 1.02 bits per heavy atom. The Morgan fingerprint density at radius 2 is 1.73 bits per heavy atom. The molecule has 40 heavy (non-hydrogen) atoms. The number of aliphatic hydroxyl groups is 1. The van der Waals surface area contributed by atoms with Gasteiger partial charge in [-0.25, -0.2) is 19.7 Å². The molecule has 13 nitrogen and oxygen atoms in total. The van der Waals surface area contributed by atoms with Gasteiger partial charge in [0.1, 0.15) is 11.1 Å². The van der Waals surface area contributed by atoms with Gasteiger partial charge in [0.25, 0.3) is 11.5 Å². The number of hydrogen-bond donors (Lipinski definition) is 2. The zero-order valence-electron chi connectivity index (χ0n) is 22.3. The summed E-state index contributed by atoms with van der Waals surface area (Å²) in [6.07, 6.45) is 5.83. The Morgan fingerprint density at radius 3 is 2.40 bits per heavy atom. The topological polar surface area (TPSA) is 159 Å². The number of morpholine rings is 1. The van der Waals surface area contributed by atoms with Crippen LogP contribution in [0, 0.1) is 0 Å². The first-order valence-corrected chi connectivity index (χ1v) is 13.3. The summed E-state index contributed by atoms with van der Waals surface area (Å²) >= 11 is 0. The molecule has 0 radical (unpaired) electrons. The first kappa shape index (κ1) is 26.0. The van der Waals surface area contributed by atoms with Crippen molar-refractivity contribution in [2.75, 3.05) is 44.3 Å². The number of hydrogen-bond acceptors (Lipinski definition) is 10. The summed E-state index contributed by atoms with van der Waals surface area (Å²) in [5.41, 5.74) is 0.0852. The van der Waals surface area contributed by atoms with Gasteiger partial charge in [0, 0.05) is 56.4 Å². The Kier molecular flexibility index (Phi) is 6.55. The van der Waals surface area contributed by atoms with Crippen molar-refractivity contribution in [3.63, 3.8) is 0 Å². The van der Waals surface area contributed by atoms with Crippen LogP contribution in [-0.4, -0.2) is 90.4 Å². The van der Waals surface area contributed by atoms with Crippen LogP contribution in [0.2, 0.25) is 0 Å². The van der Waals surface area contributed by atoms with Gasteiger partial charge in [0.2, 0.25) is 5.95 Å². The third kappa shape index (κ3) is 4.71. The molecule has 0 bridgehead atoms. The monoisotopic (exact) mass is 546 g/mol. The van der Waals surface area contributed by atoms with Gasteiger partial charge in [-0.05, 0) is 38.8 Å². The first-order chi connectivity index (χ1) is 19.2. The maximum Gasteiger partial charge on any atom is 0.329 e. The number of amides is 1. The third-order valence-electron chi connectivity index (χ3n) is 7.48. The van der Waals surface area contributed by atoms with Crippen LogP contribution in [0.4, 0.5) is 5.95 Å². The minimum Gasteiger partial charge on any atom is -0.381 e. The molecule has 2 N–H and O–H groups in total. The van der Waals surface area contributed by atoms with E-state index in [1.165, 1.54) is 20.0 Å². The molecule has 0 aliphatic carbocycles. The molecule has 4 aromatic heterocycles. The zero-order valence-corrected chi connectivity index (χ0v) is 22.3. The van der Waals surface area contributed by atoms with Gasteiger partial charge in [0.05, 0.1) is 35.3 Å². The smallest absolute Gasteiger partial charge is 0.329 e. The van der Waals surface area contributed by atoms with Gasteiger partial charge in [-0.3, -0.25) is 24.1 Å². The second-order valence-corrected chi connectivity index (χ2v) is 10.7. The van der Waals surface area contributed by atoms with Gasteiger partial charge in [0.15, 0.2) is 0 Å². The minimum absolute atomic E-state index is 0.255. The molecule has 4 aromatic rings. The number of aromatic nitrogens is 6. The molecule has 0 aromatic carbocycles. The summed E-state index contributed by atoms with van der Waals surface area (Å²) in [6.45, 7) is 6.38.